The van der Waals surface area contributed by atoms with Gasteiger partial charge in [0, 0.05) is 0 Å². The van der Waals surface area contributed by atoms with E-state index in [1.165, 1.54) is 38.5 Å². The average molecular weight is 306 g/mol. The summed E-state index contributed by atoms with van der Waals surface area (Å²) in [5.74, 6) is 1.93. The van der Waals surface area contributed by atoms with Gasteiger partial charge in [-0.25, -0.2) is 0 Å². The van der Waals surface area contributed by atoms with Crippen molar-refractivity contribution < 1.29 is 10.2 Å². The van der Waals surface area contributed by atoms with E-state index in [-0.39, 0.29) is 11.5 Å². The summed E-state index contributed by atoms with van der Waals surface area (Å²) < 4.78 is 0. The number of aliphatic hydroxyl groups is 2. The molecule has 126 valence electrons. The molecule has 0 aliphatic heterocycles. The summed E-state index contributed by atoms with van der Waals surface area (Å²) in [7, 11) is 0. The van der Waals surface area contributed by atoms with E-state index in [0.717, 1.165) is 18.8 Å². The SMILES string of the molecule is CC1(C)[C@H](O)CC[C@]2(C)[C@@H]1CC[C@@]13C[C@@H](CC[C@H]12)[C@](C)(O)C3. The van der Waals surface area contributed by atoms with Gasteiger partial charge in [0.25, 0.3) is 0 Å². The van der Waals surface area contributed by atoms with Crippen LogP contribution in [0.5, 0.6) is 0 Å². The maximum atomic E-state index is 10.9. The molecule has 0 amide bonds. The minimum atomic E-state index is -0.429. The standard InChI is InChI=1S/C20H34O2/c1-17(2)14-7-10-20-11-13(19(4,22)12-20)5-6-15(20)18(14,3)9-8-16(17)21/h13-16,21-22H,5-12H2,1-4H3/t13-,14-,15+,16-,18-,19-,20+/m1/s1. The molecule has 2 heteroatoms. The van der Waals surface area contributed by atoms with E-state index in [1.807, 2.05) is 0 Å². The number of aliphatic hydroxyl groups excluding tert-OH is 1. The molecule has 2 bridgehead atoms. The van der Waals surface area contributed by atoms with Crippen molar-refractivity contribution in [3.05, 3.63) is 0 Å². The predicted octanol–water partition coefficient (Wildman–Crippen LogP) is 4.14. The Hall–Kier alpha value is -0.0800. The fraction of sp³-hybridized carbons (Fsp3) is 1.00. The average Bonchev–Trinajstić information content (AvgIpc) is 2.60. The quantitative estimate of drug-likeness (QED) is 0.706. The van der Waals surface area contributed by atoms with Crippen LogP contribution in [-0.2, 0) is 0 Å². The lowest BCUT2D eigenvalue weighted by atomic mass is 9.41. The molecule has 1 spiro atoms. The highest BCUT2D eigenvalue weighted by Crippen LogP contribution is 2.72. The maximum absolute atomic E-state index is 10.9. The second-order valence-electron chi connectivity index (χ2n) is 10.4. The van der Waals surface area contributed by atoms with Gasteiger partial charge in [0.05, 0.1) is 11.7 Å². The van der Waals surface area contributed by atoms with E-state index in [2.05, 4.69) is 27.7 Å². The third-order valence-electron chi connectivity index (χ3n) is 9.02. The van der Waals surface area contributed by atoms with E-state index in [1.54, 1.807) is 0 Å². The summed E-state index contributed by atoms with van der Waals surface area (Å²) in [6.45, 7) is 9.23. The predicted molar refractivity (Wildman–Crippen MR) is 88.4 cm³/mol. The third-order valence-corrected chi connectivity index (χ3v) is 9.02. The smallest absolute Gasteiger partial charge is 0.0653 e. The molecule has 4 saturated carbocycles. The van der Waals surface area contributed by atoms with Crippen molar-refractivity contribution in [1.82, 2.24) is 0 Å². The highest BCUT2D eigenvalue weighted by Gasteiger charge is 2.66. The Bertz CT molecular complexity index is 482. The molecule has 0 saturated heterocycles. The molecule has 4 aliphatic rings. The first-order valence-corrected chi connectivity index (χ1v) is 9.52. The molecule has 7 atom stereocenters. The van der Waals surface area contributed by atoms with Crippen LogP contribution >= 0.6 is 0 Å². The normalized spacial score (nSPS) is 59.7. The minimum Gasteiger partial charge on any atom is -0.393 e. The van der Waals surface area contributed by atoms with Gasteiger partial charge in [0.15, 0.2) is 0 Å². The van der Waals surface area contributed by atoms with E-state index < -0.39 is 5.60 Å². The molecule has 4 fully saturated rings. The Morgan fingerprint density at radius 3 is 2.32 bits per heavy atom. The molecule has 0 aromatic heterocycles. The van der Waals surface area contributed by atoms with Gasteiger partial charge in [-0.1, -0.05) is 20.8 Å². The molecule has 22 heavy (non-hydrogen) atoms. The van der Waals surface area contributed by atoms with Crippen LogP contribution in [-0.4, -0.2) is 21.9 Å². The molecule has 0 radical (unpaired) electrons. The monoisotopic (exact) mass is 306 g/mol. The number of fused-ring (bicyclic) bond motifs is 3. The Morgan fingerprint density at radius 1 is 0.864 bits per heavy atom. The Labute approximate surface area is 135 Å². The van der Waals surface area contributed by atoms with Crippen LogP contribution in [0.25, 0.3) is 0 Å². The van der Waals surface area contributed by atoms with Crippen LogP contribution < -0.4 is 0 Å². The summed E-state index contributed by atoms with van der Waals surface area (Å²) in [5, 5.41) is 21.4. The van der Waals surface area contributed by atoms with Crippen molar-refractivity contribution in [1.29, 1.82) is 0 Å². The molecule has 0 unspecified atom stereocenters. The minimum absolute atomic E-state index is 0.0482. The van der Waals surface area contributed by atoms with E-state index in [4.69, 9.17) is 0 Å². The topological polar surface area (TPSA) is 40.5 Å². The maximum Gasteiger partial charge on any atom is 0.0653 e. The summed E-state index contributed by atoms with van der Waals surface area (Å²) >= 11 is 0. The van der Waals surface area contributed by atoms with Crippen LogP contribution in [0.2, 0.25) is 0 Å². The Kier molecular flexibility index (Phi) is 3.02. The van der Waals surface area contributed by atoms with Gasteiger partial charge in [-0.2, -0.15) is 0 Å². The van der Waals surface area contributed by atoms with Crippen LogP contribution in [0, 0.1) is 34.0 Å². The first kappa shape index (κ1) is 15.4. The van der Waals surface area contributed by atoms with Gasteiger partial charge in [0.2, 0.25) is 0 Å². The largest absolute Gasteiger partial charge is 0.393 e. The second kappa shape index (κ2) is 4.30. The van der Waals surface area contributed by atoms with Crippen LogP contribution in [0.3, 0.4) is 0 Å². The lowest BCUT2D eigenvalue weighted by Gasteiger charge is -2.64. The summed E-state index contributed by atoms with van der Waals surface area (Å²) in [5.41, 5.74) is 0.386. The van der Waals surface area contributed by atoms with Gasteiger partial charge in [-0.05, 0) is 92.3 Å². The molecule has 0 aromatic carbocycles. The lowest BCUT2D eigenvalue weighted by molar-refractivity contribution is -0.180. The second-order valence-corrected chi connectivity index (χ2v) is 10.4. The zero-order valence-corrected chi connectivity index (χ0v) is 14.9. The number of hydrogen-bond acceptors (Lipinski definition) is 2. The molecule has 2 N–H and O–H groups in total. The van der Waals surface area contributed by atoms with Crippen molar-refractivity contribution in [2.45, 2.75) is 90.8 Å². The summed E-state index contributed by atoms with van der Waals surface area (Å²) in [4.78, 5) is 0. The fourth-order valence-corrected chi connectivity index (χ4v) is 8.01. The summed E-state index contributed by atoms with van der Waals surface area (Å²) in [6.07, 6.45) is 9.35. The molecule has 4 rings (SSSR count). The van der Waals surface area contributed by atoms with Crippen molar-refractivity contribution in [3.8, 4) is 0 Å². The zero-order valence-electron chi connectivity index (χ0n) is 14.9. The van der Waals surface area contributed by atoms with Gasteiger partial charge >= 0.3 is 0 Å². The van der Waals surface area contributed by atoms with Gasteiger partial charge in [0.1, 0.15) is 0 Å². The van der Waals surface area contributed by atoms with Crippen molar-refractivity contribution in [2.24, 2.45) is 34.0 Å². The third kappa shape index (κ3) is 1.75. The van der Waals surface area contributed by atoms with E-state index >= 15 is 0 Å². The zero-order chi connectivity index (χ0) is 16.0. The van der Waals surface area contributed by atoms with Gasteiger partial charge in [-0.3, -0.25) is 0 Å². The van der Waals surface area contributed by atoms with Crippen molar-refractivity contribution >= 4 is 0 Å². The molecule has 0 aromatic rings. The number of rotatable bonds is 0. The van der Waals surface area contributed by atoms with Crippen LogP contribution in [0.4, 0.5) is 0 Å². The van der Waals surface area contributed by atoms with Crippen molar-refractivity contribution in [3.63, 3.8) is 0 Å². The molecule has 2 nitrogen and oxygen atoms in total. The molecular weight excluding hydrogens is 272 g/mol. The fourth-order valence-electron chi connectivity index (χ4n) is 8.01. The molecule has 0 heterocycles. The number of hydrogen-bond donors (Lipinski definition) is 2. The highest BCUT2D eigenvalue weighted by molar-refractivity contribution is 5.16. The first-order chi connectivity index (χ1) is 10.1. The van der Waals surface area contributed by atoms with Gasteiger partial charge in [-0.15, -0.1) is 0 Å². The Morgan fingerprint density at radius 2 is 1.59 bits per heavy atom. The molecular formula is C20H34O2. The van der Waals surface area contributed by atoms with Crippen molar-refractivity contribution in [2.75, 3.05) is 0 Å². The van der Waals surface area contributed by atoms with Crippen LogP contribution in [0.15, 0.2) is 0 Å². The van der Waals surface area contributed by atoms with E-state index in [0.29, 0.717) is 22.7 Å². The highest BCUT2D eigenvalue weighted by atomic mass is 16.3. The Balaban J connectivity index is 1.73. The first-order valence-electron chi connectivity index (χ1n) is 9.52. The molecule has 4 aliphatic carbocycles. The lowest BCUT2D eigenvalue weighted by Crippen LogP contribution is -2.59. The van der Waals surface area contributed by atoms with Crippen LogP contribution in [0.1, 0.15) is 79.1 Å². The summed E-state index contributed by atoms with van der Waals surface area (Å²) in [6, 6.07) is 0. The van der Waals surface area contributed by atoms with E-state index in [9.17, 15) is 10.2 Å². The van der Waals surface area contributed by atoms with Gasteiger partial charge < -0.3 is 10.2 Å².